The van der Waals surface area contributed by atoms with Gasteiger partial charge in [-0.1, -0.05) is 51.7 Å². The second kappa shape index (κ2) is 14.5. The lowest BCUT2D eigenvalue weighted by Gasteiger charge is -2.38. The monoisotopic (exact) mass is 508 g/mol. The fourth-order valence-electron chi connectivity index (χ4n) is 4.67. The molecule has 1 aliphatic heterocycles. The smallest absolute Gasteiger partial charge is 0.253 e. The maximum absolute atomic E-state index is 13.3. The van der Waals surface area contributed by atoms with E-state index in [9.17, 15) is 9.59 Å². The van der Waals surface area contributed by atoms with Gasteiger partial charge in [-0.05, 0) is 50.1 Å². The number of ether oxygens (including phenoxy) is 1. The number of anilines is 3. The van der Waals surface area contributed by atoms with Crippen molar-refractivity contribution in [1.82, 2.24) is 5.32 Å². The van der Waals surface area contributed by atoms with Crippen molar-refractivity contribution in [1.29, 1.82) is 0 Å². The molecule has 0 aromatic heterocycles. The molecular weight excluding hydrogens is 464 g/mol. The number of carbonyl (C=O) groups excluding carboxylic acids is 2. The summed E-state index contributed by atoms with van der Waals surface area (Å²) in [7, 11) is 1.70. The predicted octanol–water partition coefficient (Wildman–Crippen LogP) is 5.85. The molecule has 0 radical (unpaired) electrons. The minimum Gasteiger partial charge on any atom is -0.495 e. The Labute approximate surface area is 222 Å². The number of hydrogen-bond donors (Lipinski definition) is 2. The molecule has 7 nitrogen and oxygen atoms in total. The number of unbranched alkanes of at least 4 members (excludes halogenated alkanes) is 4. The Balaban J connectivity index is 1.72. The second-order valence-electron chi connectivity index (χ2n) is 9.87. The first kappa shape index (κ1) is 28.4. The molecule has 2 aromatic carbocycles. The van der Waals surface area contributed by atoms with Gasteiger partial charge in [-0.2, -0.15) is 0 Å². The number of nitrogens with zero attached hydrogens (tertiary/aromatic N) is 2. The first-order valence-corrected chi connectivity index (χ1v) is 13.8. The number of methoxy groups -OCH3 is 1. The summed E-state index contributed by atoms with van der Waals surface area (Å²) in [5, 5.41) is 6.11. The number of nitrogens with one attached hydrogen (secondary N) is 2. The van der Waals surface area contributed by atoms with E-state index in [-0.39, 0.29) is 17.9 Å². The molecule has 0 bridgehead atoms. The van der Waals surface area contributed by atoms with E-state index >= 15 is 0 Å². The van der Waals surface area contributed by atoms with E-state index in [2.05, 4.69) is 40.3 Å². The van der Waals surface area contributed by atoms with Gasteiger partial charge in [0, 0.05) is 50.0 Å². The van der Waals surface area contributed by atoms with Crippen molar-refractivity contribution in [2.45, 2.75) is 71.8 Å². The van der Waals surface area contributed by atoms with Crippen LogP contribution >= 0.6 is 0 Å². The van der Waals surface area contributed by atoms with Gasteiger partial charge in [-0.25, -0.2) is 0 Å². The zero-order valence-electron chi connectivity index (χ0n) is 23.0. The van der Waals surface area contributed by atoms with Crippen molar-refractivity contribution in [2.24, 2.45) is 0 Å². The van der Waals surface area contributed by atoms with E-state index in [1.54, 1.807) is 7.11 Å². The van der Waals surface area contributed by atoms with Gasteiger partial charge in [0.15, 0.2) is 0 Å². The molecule has 1 fully saturated rings. The molecule has 7 heteroatoms. The van der Waals surface area contributed by atoms with Crippen LogP contribution in [0.2, 0.25) is 0 Å². The lowest BCUT2D eigenvalue weighted by atomic mass is 10.1. The van der Waals surface area contributed by atoms with E-state index in [4.69, 9.17) is 4.74 Å². The molecule has 1 unspecified atom stereocenters. The van der Waals surface area contributed by atoms with Gasteiger partial charge >= 0.3 is 0 Å². The minimum absolute atomic E-state index is 0.00274. The van der Waals surface area contributed by atoms with Crippen LogP contribution in [-0.2, 0) is 4.79 Å². The third-order valence-electron chi connectivity index (χ3n) is 7.07. The minimum atomic E-state index is -0.104. The fourth-order valence-corrected chi connectivity index (χ4v) is 4.67. The molecule has 0 aliphatic carbocycles. The van der Waals surface area contributed by atoms with Crippen molar-refractivity contribution < 1.29 is 14.3 Å². The fraction of sp³-hybridized carbons (Fsp3) is 0.533. The zero-order valence-corrected chi connectivity index (χ0v) is 23.0. The summed E-state index contributed by atoms with van der Waals surface area (Å²) in [5.41, 5.74) is 3.27. The standard InChI is InChI=1S/C30H44N4O3/c1-5-7-8-9-10-15-29(35)32-24-16-17-26(25(22-24)30(36)31-23(3)6-2)33-18-20-34(21-19-33)27-13-11-12-14-28(27)37-4/h11-14,16-17,22-23H,5-10,15,18-21H2,1-4H3,(H,31,36)(H,32,35). The highest BCUT2D eigenvalue weighted by molar-refractivity contribution is 6.02. The normalized spacial score (nSPS) is 14.3. The summed E-state index contributed by atoms with van der Waals surface area (Å²) in [4.78, 5) is 30.4. The Morgan fingerprint density at radius 3 is 2.27 bits per heavy atom. The number of rotatable bonds is 13. The molecule has 1 aliphatic rings. The molecule has 2 aromatic rings. The highest BCUT2D eigenvalue weighted by Crippen LogP contribution is 2.31. The third-order valence-corrected chi connectivity index (χ3v) is 7.07. The topological polar surface area (TPSA) is 73.9 Å². The van der Waals surface area contributed by atoms with Crippen LogP contribution in [0.15, 0.2) is 42.5 Å². The van der Waals surface area contributed by atoms with Crippen LogP contribution in [0.5, 0.6) is 5.75 Å². The van der Waals surface area contributed by atoms with E-state index in [1.165, 1.54) is 19.3 Å². The largest absolute Gasteiger partial charge is 0.495 e. The van der Waals surface area contributed by atoms with Crippen molar-refractivity contribution >= 4 is 28.9 Å². The van der Waals surface area contributed by atoms with Crippen molar-refractivity contribution in [3.05, 3.63) is 48.0 Å². The highest BCUT2D eigenvalue weighted by Gasteiger charge is 2.24. The quantitative estimate of drug-likeness (QED) is 0.332. The summed E-state index contributed by atoms with van der Waals surface area (Å²) < 4.78 is 5.55. The number of piperazine rings is 1. The average Bonchev–Trinajstić information content (AvgIpc) is 2.92. The van der Waals surface area contributed by atoms with Crippen LogP contribution in [0.4, 0.5) is 17.1 Å². The van der Waals surface area contributed by atoms with Gasteiger partial charge in [0.1, 0.15) is 5.75 Å². The third kappa shape index (κ3) is 8.14. The van der Waals surface area contributed by atoms with Gasteiger partial charge in [-0.3, -0.25) is 9.59 Å². The van der Waals surface area contributed by atoms with Crippen LogP contribution in [0.1, 0.15) is 76.1 Å². The van der Waals surface area contributed by atoms with E-state index in [1.807, 2.05) is 43.3 Å². The molecule has 1 heterocycles. The molecular formula is C30H44N4O3. The maximum atomic E-state index is 13.3. The van der Waals surface area contributed by atoms with Crippen LogP contribution < -0.4 is 25.2 Å². The lowest BCUT2D eigenvalue weighted by molar-refractivity contribution is -0.116. The Morgan fingerprint density at radius 2 is 1.59 bits per heavy atom. The summed E-state index contributed by atoms with van der Waals surface area (Å²) in [6.45, 7) is 9.46. The Morgan fingerprint density at radius 1 is 0.919 bits per heavy atom. The van der Waals surface area contributed by atoms with Gasteiger partial charge < -0.3 is 25.2 Å². The SMILES string of the molecule is CCCCCCCC(=O)Nc1ccc(N2CCN(c3ccccc3OC)CC2)c(C(=O)NC(C)CC)c1. The molecule has 202 valence electrons. The van der Waals surface area contributed by atoms with Crippen molar-refractivity contribution in [3.63, 3.8) is 0 Å². The zero-order chi connectivity index (χ0) is 26.6. The summed E-state index contributed by atoms with van der Waals surface area (Å²) in [6.07, 6.45) is 6.90. The molecule has 2 amide bonds. The second-order valence-corrected chi connectivity index (χ2v) is 9.87. The van der Waals surface area contributed by atoms with Crippen LogP contribution in [0.25, 0.3) is 0 Å². The highest BCUT2D eigenvalue weighted by atomic mass is 16.5. The summed E-state index contributed by atoms with van der Waals surface area (Å²) in [5.74, 6) is 0.769. The Kier molecular flexibility index (Phi) is 11.1. The molecule has 0 saturated carbocycles. The van der Waals surface area contributed by atoms with E-state index < -0.39 is 0 Å². The lowest BCUT2D eigenvalue weighted by Crippen LogP contribution is -2.47. The van der Waals surface area contributed by atoms with E-state index in [0.717, 1.165) is 62.6 Å². The molecule has 37 heavy (non-hydrogen) atoms. The number of para-hydroxylation sites is 2. The van der Waals surface area contributed by atoms with Crippen LogP contribution in [0, 0.1) is 0 Å². The Hall–Kier alpha value is -3.22. The van der Waals surface area contributed by atoms with Crippen molar-refractivity contribution in [3.8, 4) is 5.75 Å². The van der Waals surface area contributed by atoms with Crippen molar-refractivity contribution in [2.75, 3.05) is 48.4 Å². The predicted molar refractivity (Wildman–Crippen MR) is 153 cm³/mol. The molecule has 2 N–H and O–H groups in total. The maximum Gasteiger partial charge on any atom is 0.253 e. The van der Waals surface area contributed by atoms with E-state index in [0.29, 0.717) is 17.7 Å². The van der Waals surface area contributed by atoms with Gasteiger partial charge in [0.2, 0.25) is 5.91 Å². The molecule has 3 rings (SSSR count). The van der Waals surface area contributed by atoms with Gasteiger partial charge in [0.25, 0.3) is 5.91 Å². The summed E-state index contributed by atoms with van der Waals surface area (Å²) in [6, 6.07) is 13.9. The number of hydrogen-bond acceptors (Lipinski definition) is 5. The Bertz CT molecular complexity index is 1020. The van der Waals surface area contributed by atoms with Crippen LogP contribution in [0.3, 0.4) is 0 Å². The number of amides is 2. The molecule has 1 saturated heterocycles. The average molecular weight is 509 g/mol. The van der Waals surface area contributed by atoms with Crippen LogP contribution in [-0.4, -0.2) is 51.1 Å². The van der Waals surface area contributed by atoms with Gasteiger partial charge in [-0.15, -0.1) is 0 Å². The first-order chi connectivity index (χ1) is 18.0. The first-order valence-electron chi connectivity index (χ1n) is 13.8. The van der Waals surface area contributed by atoms with Gasteiger partial charge in [0.05, 0.1) is 18.4 Å². The number of benzene rings is 2. The molecule has 0 spiro atoms. The summed E-state index contributed by atoms with van der Waals surface area (Å²) >= 11 is 0. The molecule has 1 atom stereocenters. The number of carbonyl (C=O) groups is 2.